The van der Waals surface area contributed by atoms with Crippen molar-refractivity contribution in [3.05, 3.63) is 59.2 Å². The first-order chi connectivity index (χ1) is 12.4. The van der Waals surface area contributed by atoms with E-state index in [0.29, 0.717) is 36.5 Å². The van der Waals surface area contributed by atoms with Gasteiger partial charge in [0.15, 0.2) is 0 Å². The number of nitrogens with zero attached hydrogens (tertiary/aromatic N) is 2. The number of carbonyl (C=O) groups is 1. The van der Waals surface area contributed by atoms with Gasteiger partial charge >= 0.3 is 0 Å². The lowest BCUT2D eigenvalue weighted by atomic mass is 10.1. The molecule has 138 valence electrons. The number of carbonyl (C=O) groups excluding carboxylic acids is 1. The summed E-state index contributed by atoms with van der Waals surface area (Å²) in [7, 11) is -3.49. The fourth-order valence-corrected chi connectivity index (χ4v) is 4.91. The number of hydrogen-bond donors (Lipinski definition) is 0. The van der Waals surface area contributed by atoms with Crippen molar-refractivity contribution in [1.82, 2.24) is 4.31 Å². The van der Waals surface area contributed by atoms with E-state index in [-0.39, 0.29) is 5.91 Å². The monoisotopic (exact) mass is 372 g/mol. The summed E-state index contributed by atoms with van der Waals surface area (Å²) in [6.45, 7) is 7.06. The SMILES string of the molecule is CCN(CC)S(=O)(=O)c1ccc2c(c1)CCN2C(=O)c1cccc(C)c1. The summed E-state index contributed by atoms with van der Waals surface area (Å²) < 4.78 is 26.9. The summed E-state index contributed by atoms with van der Waals surface area (Å²) >= 11 is 0. The fraction of sp³-hybridized carbons (Fsp3) is 0.350. The number of fused-ring (bicyclic) bond motifs is 1. The second-order valence-corrected chi connectivity index (χ2v) is 8.39. The van der Waals surface area contributed by atoms with E-state index in [4.69, 9.17) is 0 Å². The lowest BCUT2D eigenvalue weighted by molar-refractivity contribution is 0.0989. The van der Waals surface area contributed by atoms with Crippen molar-refractivity contribution in [2.24, 2.45) is 0 Å². The third kappa shape index (κ3) is 3.27. The van der Waals surface area contributed by atoms with Gasteiger partial charge in [0.25, 0.3) is 5.91 Å². The van der Waals surface area contributed by atoms with Crippen LogP contribution in [0.5, 0.6) is 0 Å². The highest BCUT2D eigenvalue weighted by atomic mass is 32.2. The Morgan fingerprint density at radius 1 is 1.12 bits per heavy atom. The molecule has 0 N–H and O–H groups in total. The molecule has 0 atom stereocenters. The second-order valence-electron chi connectivity index (χ2n) is 6.46. The van der Waals surface area contributed by atoms with Crippen LogP contribution in [0.2, 0.25) is 0 Å². The zero-order valence-electron chi connectivity index (χ0n) is 15.4. The maximum atomic E-state index is 12.8. The average molecular weight is 372 g/mol. The average Bonchev–Trinajstić information content (AvgIpc) is 3.05. The fourth-order valence-electron chi connectivity index (χ4n) is 3.40. The molecule has 2 aromatic rings. The van der Waals surface area contributed by atoms with E-state index >= 15 is 0 Å². The smallest absolute Gasteiger partial charge is 0.258 e. The molecule has 3 rings (SSSR count). The minimum atomic E-state index is -3.49. The van der Waals surface area contributed by atoms with E-state index in [2.05, 4.69) is 0 Å². The molecule has 0 radical (unpaired) electrons. The first-order valence-electron chi connectivity index (χ1n) is 8.90. The van der Waals surface area contributed by atoms with Crippen LogP contribution in [0.25, 0.3) is 0 Å². The standard InChI is InChI=1S/C20H24N2O3S/c1-4-21(5-2)26(24,25)18-9-10-19-16(14-18)11-12-22(19)20(23)17-8-6-7-15(3)13-17/h6-10,13-14H,4-5,11-12H2,1-3H3. The molecule has 0 saturated carbocycles. The van der Waals surface area contributed by atoms with Gasteiger partial charge in [-0.05, 0) is 49.2 Å². The molecule has 0 saturated heterocycles. The minimum absolute atomic E-state index is 0.0493. The van der Waals surface area contributed by atoms with Gasteiger partial charge in [-0.3, -0.25) is 4.79 Å². The number of amides is 1. The number of anilines is 1. The predicted octanol–water partition coefficient (Wildman–Crippen LogP) is 3.23. The molecule has 1 amide bonds. The number of aryl methyl sites for hydroxylation is 1. The molecule has 26 heavy (non-hydrogen) atoms. The van der Waals surface area contributed by atoms with Crippen molar-refractivity contribution >= 4 is 21.6 Å². The summed E-state index contributed by atoms with van der Waals surface area (Å²) in [5.41, 5.74) is 3.39. The van der Waals surface area contributed by atoms with Gasteiger partial charge in [0.1, 0.15) is 0 Å². The van der Waals surface area contributed by atoms with Crippen LogP contribution in [0.4, 0.5) is 5.69 Å². The van der Waals surface area contributed by atoms with Gasteiger partial charge in [-0.2, -0.15) is 4.31 Å². The molecule has 2 aromatic carbocycles. The molecule has 6 heteroatoms. The van der Waals surface area contributed by atoms with Gasteiger partial charge in [-0.1, -0.05) is 31.5 Å². The lowest BCUT2D eigenvalue weighted by Crippen LogP contribution is -2.30. The number of benzene rings is 2. The Balaban J connectivity index is 1.93. The van der Waals surface area contributed by atoms with Crippen molar-refractivity contribution in [3.8, 4) is 0 Å². The van der Waals surface area contributed by atoms with Gasteiger partial charge in [0, 0.05) is 30.9 Å². The number of hydrogen-bond acceptors (Lipinski definition) is 3. The Bertz CT molecular complexity index is 934. The van der Waals surface area contributed by atoms with E-state index in [1.165, 1.54) is 4.31 Å². The van der Waals surface area contributed by atoms with Gasteiger partial charge in [-0.25, -0.2) is 8.42 Å². The van der Waals surface area contributed by atoms with E-state index in [9.17, 15) is 13.2 Å². The van der Waals surface area contributed by atoms with Crippen LogP contribution in [-0.2, 0) is 16.4 Å². The van der Waals surface area contributed by atoms with Crippen LogP contribution >= 0.6 is 0 Å². The molecular weight excluding hydrogens is 348 g/mol. The van der Waals surface area contributed by atoms with Crippen LogP contribution in [0.1, 0.15) is 35.3 Å². The highest BCUT2D eigenvalue weighted by molar-refractivity contribution is 7.89. The second kappa shape index (κ2) is 7.21. The van der Waals surface area contributed by atoms with Crippen molar-refractivity contribution in [2.45, 2.75) is 32.1 Å². The summed E-state index contributed by atoms with van der Waals surface area (Å²) in [5.74, 6) is -0.0493. The Hall–Kier alpha value is -2.18. The van der Waals surface area contributed by atoms with E-state index in [1.807, 2.05) is 45.0 Å². The Labute approximate surface area is 155 Å². The first kappa shape index (κ1) is 18.6. The molecule has 0 fully saturated rings. The molecule has 0 aliphatic carbocycles. The van der Waals surface area contributed by atoms with E-state index in [0.717, 1.165) is 16.8 Å². The Kier molecular flexibility index (Phi) is 5.16. The molecule has 1 aliphatic rings. The van der Waals surface area contributed by atoms with Crippen LogP contribution < -0.4 is 4.90 Å². The van der Waals surface area contributed by atoms with Gasteiger partial charge in [-0.15, -0.1) is 0 Å². The topological polar surface area (TPSA) is 57.7 Å². The molecule has 1 heterocycles. The van der Waals surface area contributed by atoms with Gasteiger partial charge in [0.2, 0.25) is 10.0 Å². The first-order valence-corrected chi connectivity index (χ1v) is 10.3. The van der Waals surface area contributed by atoms with Crippen molar-refractivity contribution in [1.29, 1.82) is 0 Å². The third-order valence-corrected chi connectivity index (χ3v) is 6.85. The minimum Gasteiger partial charge on any atom is -0.308 e. The van der Waals surface area contributed by atoms with Crippen molar-refractivity contribution in [2.75, 3.05) is 24.5 Å². The van der Waals surface area contributed by atoms with E-state index < -0.39 is 10.0 Å². The maximum absolute atomic E-state index is 12.8. The molecule has 0 bridgehead atoms. The van der Waals surface area contributed by atoms with Gasteiger partial charge in [0.05, 0.1) is 4.90 Å². The van der Waals surface area contributed by atoms with Gasteiger partial charge < -0.3 is 4.90 Å². The normalized spacial score (nSPS) is 13.9. The molecule has 0 spiro atoms. The molecule has 1 aliphatic heterocycles. The highest BCUT2D eigenvalue weighted by Gasteiger charge is 2.28. The summed E-state index contributed by atoms with van der Waals surface area (Å²) in [6.07, 6.45) is 0.661. The third-order valence-electron chi connectivity index (χ3n) is 4.80. The van der Waals surface area contributed by atoms with E-state index in [1.54, 1.807) is 23.1 Å². The molecule has 5 nitrogen and oxygen atoms in total. The van der Waals surface area contributed by atoms with Crippen molar-refractivity contribution in [3.63, 3.8) is 0 Å². The van der Waals surface area contributed by atoms with Crippen molar-refractivity contribution < 1.29 is 13.2 Å². The summed E-state index contributed by atoms with van der Waals surface area (Å²) in [6, 6.07) is 12.6. The zero-order valence-corrected chi connectivity index (χ0v) is 16.2. The van der Waals surface area contributed by atoms with Crippen LogP contribution in [-0.4, -0.2) is 38.3 Å². The number of rotatable bonds is 5. The quantitative estimate of drug-likeness (QED) is 0.810. The lowest BCUT2D eigenvalue weighted by Gasteiger charge is -2.20. The summed E-state index contributed by atoms with van der Waals surface area (Å²) in [4.78, 5) is 14.9. The Morgan fingerprint density at radius 3 is 2.50 bits per heavy atom. The van der Waals surface area contributed by atoms with Crippen LogP contribution in [0.15, 0.2) is 47.4 Å². The zero-order chi connectivity index (χ0) is 18.9. The summed E-state index contributed by atoms with van der Waals surface area (Å²) in [5, 5.41) is 0. The van der Waals surface area contributed by atoms with Crippen LogP contribution in [0, 0.1) is 6.92 Å². The molecule has 0 aromatic heterocycles. The molecular formula is C20H24N2O3S. The maximum Gasteiger partial charge on any atom is 0.258 e. The predicted molar refractivity (Wildman–Crippen MR) is 103 cm³/mol. The largest absolute Gasteiger partial charge is 0.308 e. The highest BCUT2D eigenvalue weighted by Crippen LogP contribution is 2.32. The van der Waals surface area contributed by atoms with Crippen LogP contribution in [0.3, 0.4) is 0 Å². The number of sulfonamides is 1. The Morgan fingerprint density at radius 2 is 1.85 bits per heavy atom. The molecule has 0 unspecified atom stereocenters.